The van der Waals surface area contributed by atoms with Gasteiger partial charge in [0.2, 0.25) is 0 Å². The number of carbonyl (C=O) groups is 2. The molecule has 0 aromatic carbocycles. The van der Waals surface area contributed by atoms with E-state index in [0.29, 0.717) is 0 Å². The Morgan fingerprint density at radius 2 is 2.00 bits per heavy atom. The zero-order valence-corrected chi connectivity index (χ0v) is 7.11. The van der Waals surface area contributed by atoms with Crippen LogP contribution in [0.1, 0.15) is 13.3 Å². The van der Waals surface area contributed by atoms with Crippen molar-refractivity contribution >= 4 is 11.9 Å². The second kappa shape index (κ2) is 3.68. The van der Waals surface area contributed by atoms with Crippen LogP contribution in [0.25, 0.3) is 0 Å². The van der Waals surface area contributed by atoms with E-state index < -0.39 is 24.6 Å². The van der Waals surface area contributed by atoms with Gasteiger partial charge in [-0.05, 0) is 6.92 Å². The zero-order chi connectivity index (χ0) is 10.0. The summed E-state index contributed by atoms with van der Waals surface area (Å²) in [5, 5.41) is 17.6. The normalized spacial score (nSPS) is 19.3. The fourth-order valence-corrected chi connectivity index (χ4v) is 1.04. The number of aliphatic hydroxyl groups excluding tert-OH is 2. The van der Waals surface area contributed by atoms with Gasteiger partial charge in [0.15, 0.2) is 0 Å². The molecule has 1 heterocycles. The lowest BCUT2D eigenvalue weighted by Gasteiger charge is -2.05. The molecule has 1 rings (SSSR count). The summed E-state index contributed by atoms with van der Waals surface area (Å²) in [6.45, 7) is 1.00. The van der Waals surface area contributed by atoms with Crippen LogP contribution in [-0.4, -0.2) is 34.9 Å². The summed E-state index contributed by atoms with van der Waals surface area (Å²) in [5.41, 5.74) is 0.351. The molecule has 5 nitrogen and oxygen atoms in total. The fraction of sp³-hybridized carbons (Fsp3) is 0.500. The molecule has 1 aliphatic heterocycles. The summed E-state index contributed by atoms with van der Waals surface area (Å²) in [4.78, 5) is 21.8. The molecule has 0 fully saturated rings. The van der Waals surface area contributed by atoms with Crippen LogP contribution in [0, 0.1) is 0 Å². The molecule has 1 atom stereocenters. The predicted molar refractivity (Wildman–Crippen MR) is 41.5 cm³/mol. The summed E-state index contributed by atoms with van der Waals surface area (Å²) in [7, 11) is 0. The fourth-order valence-electron chi connectivity index (χ4n) is 1.04. The molecule has 0 saturated carbocycles. The van der Waals surface area contributed by atoms with Crippen molar-refractivity contribution in [2.24, 2.45) is 0 Å². The lowest BCUT2D eigenvalue weighted by Crippen LogP contribution is -2.15. The van der Waals surface area contributed by atoms with E-state index in [-0.39, 0.29) is 17.6 Å². The minimum Gasteiger partial charge on any atom is -0.394 e. The van der Waals surface area contributed by atoms with Crippen molar-refractivity contribution in [2.45, 2.75) is 19.4 Å². The minimum atomic E-state index is -1.02. The van der Waals surface area contributed by atoms with Gasteiger partial charge in [-0.3, -0.25) is 0 Å². The Morgan fingerprint density at radius 1 is 1.38 bits per heavy atom. The Kier molecular flexibility index (Phi) is 2.79. The summed E-state index contributed by atoms with van der Waals surface area (Å²) < 4.78 is 4.29. The van der Waals surface area contributed by atoms with Crippen molar-refractivity contribution in [2.75, 3.05) is 6.61 Å². The highest BCUT2D eigenvalue weighted by Crippen LogP contribution is 2.20. The van der Waals surface area contributed by atoms with Gasteiger partial charge in [-0.15, -0.1) is 0 Å². The second-order valence-corrected chi connectivity index (χ2v) is 2.82. The number of cyclic esters (lactones) is 2. The molecule has 2 N–H and O–H groups in total. The van der Waals surface area contributed by atoms with Crippen molar-refractivity contribution in [3.63, 3.8) is 0 Å². The van der Waals surface area contributed by atoms with E-state index in [4.69, 9.17) is 10.2 Å². The zero-order valence-electron chi connectivity index (χ0n) is 7.11. The van der Waals surface area contributed by atoms with Gasteiger partial charge >= 0.3 is 11.9 Å². The Morgan fingerprint density at radius 3 is 2.38 bits per heavy atom. The molecule has 13 heavy (non-hydrogen) atoms. The molecule has 0 amide bonds. The first-order valence-corrected chi connectivity index (χ1v) is 3.81. The summed E-state index contributed by atoms with van der Waals surface area (Å²) >= 11 is 0. The minimum absolute atomic E-state index is 0.0487. The van der Waals surface area contributed by atoms with Crippen molar-refractivity contribution in [1.82, 2.24) is 0 Å². The number of ether oxygens (including phenoxy) is 1. The van der Waals surface area contributed by atoms with E-state index in [2.05, 4.69) is 4.74 Å². The quantitative estimate of drug-likeness (QED) is 0.442. The van der Waals surface area contributed by atoms with Gasteiger partial charge in [-0.2, -0.15) is 0 Å². The lowest BCUT2D eigenvalue weighted by molar-refractivity contribution is -0.151. The van der Waals surface area contributed by atoms with Crippen LogP contribution in [0.4, 0.5) is 0 Å². The second-order valence-electron chi connectivity index (χ2n) is 2.82. The molecule has 0 aliphatic carbocycles. The van der Waals surface area contributed by atoms with Gasteiger partial charge < -0.3 is 14.9 Å². The smallest absolute Gasteiger partial charge is 0.342 e. The highest BCUT2D eigenvalue weighted by atomic mass is 16.6. The van der Waals surface area contributed by atoms with Crippen molar-refractivity contribution in [1.29, 1.82) is 0 Å². The molecule has 0 aromatic heterocycles. The topological polar surface area (TPSA) is 83.8 Å². The first-order chi connectivity index (χ1) is 6.06. The van der Waals surface area contributed by atoms with Crippen molar-refractivity contribution < 1.29 is 24.5 Å². The third-order valence-electron chi connectivity index (χ3n) is 1.84. The molecule has 5 heteroatoms. The lowest BCUT2D eigenvalue weighted by atomic mass is 10.1. The maximum Gasteiger partial charge on any atom is 0.342 e. The predicted octanol–water partition coefficient (Wildman–Crippen LogP) is -0.870. The molecular formula is C8H10O5. The van der Waals surface area contributed by atoms with Gasteiger partial charge in [0.25, 0.3) is 0 Å². The molecule has 1 unspecified atom stereocenters. The number of aliphatic hydroxyl groups is 2. The van der Waals surface area contributed by atoms with Crippen LogP contribution < -0.4 is 0 Å². The maximum absolute atomic E-state index is 11.0. The Hall–Kier alpha value is -1.20. The van der Waals surface area contributed by atoms with E-state index in [0.717, 1.165) is 0 Å². The average Bonchev–Trinajstić information content (AvgIpc) is 2.32. The first kappa shape index (κ1) is 9.88. The average molecular weight is 186 g/mol. The van der Waals surface area contributed by atoms with Crippen molar-refractivity contribution in [3.8, 4) is 0 Å². The molecule has 0 bridgehead atoms. The van der Waals surface area contributed by atoms with E-state index in [1.807, 2.05) is 0 Å². The van der Waals surface area contributed by atoms with Crippen LogP contribution in [0.2, 0.25) is 0 Å². The molecule has 0 spiro atoms. The first-order valence-electron chi connectivity index (χ1n) is 3.81. The summed E-state index contributed by atoms with van der Waals surface area (Å²) in [6.07, 6.45) is -1.07. The Balaban J connectivity index is 2.78. The van der Waals surface area contributed by atoms with E-state index in [9.17, 15) is 9.59 Å². The van der Waals surface area contributed by atoms with Gasteiger partial charge in [-0.25, -0.2) is 9.59 Å². The number of hydrogen-bond acceptors (Lipinski definition) is 5. The monoisotopic (exact) mass is 186 g/mol. The van der Waals surface area contributed by atoms with E-state index >= 15 is 0 Å². The van der Waals surface area contributed by atoms with Gasteiger partial charge in [0.1, 0.15) is 0 Å². The number of carbonyl (C=O) groups excluding carboxylic acids is 2. The number of esters is 2. The highest BCUT2D eigenvalue weighted by molar-refractivity contribution is 6.12. The maximum atomic E-state index is 11.0. The van der Waals surface area contributed by atoms with Crippen molar-refractivity contribution in [3.05, 3.63) is 11.1 Å². The van der Waals surface area contributed by atoms with Crippen LogP contribution >= 0.6 is 0 Å². The highest BCUT2D eigenvalue weighted by Gasteiger charge is 2.30. The van der Waals surface area contributed by atoms with E-state index in [1.165, 1.54) is 6.92 Å². The standard InChI is InChI=1S/C8H10O5/c1-4-6(2-5(10)3-9)8(12)13-7(4)11/h5,9-10H,2-3H2,1H3. The molecule has 1 aliphatic rings. The Bertz CT molecular complexity index is 278. The number of rotatable bonds is 3. The third kappa shape index (κ3) is 1.93. The Labute approximate surface area is 74.6 Å². The van der Waals surface area contributed by atoms with Gasteiger partial charge in [0, 0.05) is 12.0 Å². The molecule has 72 valence electrons. The van der Waals surface area contributed by atoms with Crippen LogP contribution in [0.5, 0.6) is 0 Å². The van der Waals surface area contributed by atoms with Gasteiger partial charge in [-0.1, -0.05) is 0 Å². The molecule has 0 aromatic rings. The molecule has 0 radical (unpaired) electrons. The van der Waals surface area contributed by atoms with Crippen LogP contribution in [-0.2, 0) is 14.3 Å². The van der Waals surface area contributed by atoms with Crippen LogP contribution in [0.15, 0.2) is 11.1 Å². The summed E-state index contributed by atoms with van der Waals surface area (Å²) in [5.74, 6) is -1.40. The SMILES string of the molecule is CC1=C(CC(O)CO)C(=O)OC1=O. The largest absolute Gasteiger partial charge is 0.394 e. The number of hydrogen-bond donors (Lipinski definition) is 2. The van der Waals surface area contributed by atoms with Crippen LogP contribution in [0.3, 0.4) is 0 Å². The summed E-state index contributed by atoms with van der Waals surface area (Å²) in [6, 6.07) is 0. The third-order valence-corrected chi connectivity index (χ3v) is 1.84. The van der Waals surface area contributed by atoms with E-state index in [1.54, 1.807) is 0 Å². The van der Waals surface area contributed by atoms with Gasteiger partial charge in [0.05, 0.1) is 18.3 Å². The molecule has 0 saturated heterocycles. The molecular weight excluding hydrogens is 176 g/mol.